The van der Waals surface area contributed by atoms with Crippen molar-refractivity contribution < 1.29 is 27.5 Å². The summed E-state index contributed by atoms with van der Waals surface area (Å²) in [4.78, 5) is 25.9. The van der Waals surface area contributed by atoms with E-state index in [9.17, 15) is 17.6 Å². The van der Waals surface area contributed by atoms with E-state index in [1.165, 1.54) is 31.3 Å². The standard InChI is InChI=1S/C20H20FN5O5S2/c1-26(10-11-27)33(29,30)16-7-5-14(6-8-16)18(19(28)24-20-23-12-17(21)32-20)25-31-13-15-4-2-3-9-22-15/h2-9,12,27H,10-11,13H2,1H3,(H,23,24,28)/b25-18+. The number of benzene rings is 1. The molecule has 10 nitrogen and oxygen atoms in total. The summed E-state index contributed by atoms with van der Waals surface area (Å²) in [6, 6.07) is 10.6. The maximum absolute atomic E-state index is 13.2. The summed E-state index contributed by atoms with van der Waals surface area (Å²) in [5, 5.41) is 14.8. The Bertz CT molecular complexity index is 1220. The fourth-order valence-electron chi connectivity index (χ4n) is 2.57. The number of halogens is 1. The lowest BCUT2D eigenvalue weighted by Gasteiger charge is -2.16. The van der Waals surface area contributed by atoms with E-state index in [0.29, 0.717) is 17.0 Å². The molecule has 13 heteroatoms. The van der Waals surface area contributed by atoms with Crippen molar-refractivity contribution in [2.75, 3.05) is 25.5 Å². The highest BCUT2D eigenvalue weighted by Gasteiger charge is 2.22. The number of carbonyl (C=O) groups is 1. The van der Waals surface area contributed by atoms with Crippen LogP contribution in [-0.2, 0) is 26.3 Å². The molecule has 2 heterocycles. The zero-order valence-corrected chi connectivity index (χ0v) is 19.0. The number of carbonyl (C=O) groups excluding carboxylic acids is 1. The minimum atomic E-state index is -3.82. The minimum Gasteiger partial charge on any atom is -0.395 e. The van der Waals surface area contributed by atoms with Crippen LogP contribution < -0.4 is 5.32 Å². The van der Waals surface area contributed by atoms with Gasteiger partial charge in [-0.25, -0.2) is 13.4 Å². The van der Waals surface area contributed by atoms with E-state index in [-0.39, 0.29) is 41.1 Å². The van der Waals surface area contributed by atoms with Gasteiger partial charge in [0.1, 0.15) is 0 Å². The van der Waals surface area contributed by atoms with Crippen LogP contribution in [0.4, 0.5) is 9.52 Å². The zero-order chi connectivity index (χ0) is 23.8. The summed E-state index contributed by atoms with van der Waals surface area (Å²) in [7, 11) is -2.47. The third-order valence-electron chi connectivity index (χ3n) is 4.26. The predicted molar refractivity (Wildman–Crippen MR) is 120 cm³/mol. The first-order valence-corrected chi connectivity index (χ1v) is 11.8. The molecule has 174 valence electrons. The summed E-state index contributed by atoms with van der Waals surface area (Å²) in [5.74, 6) is -0.724. The summed E-state index contributed by atoms with van der Waals surface area (Å²) < 4.78 is 39.3. The molecule has 0 aliphatic rings. The SMILES string of the molecule is CN(CCO)S(=O)(=O)c1ccc(/C(=N\OCc2ccccn2)C(=O)Nc2ncc(F)s2)cc1. The molecule has 0 saturated heterocycles. The number of hydrogen-bond donors (Lipinski definition) is 2. The molecule has 2 aromatic heterocycles. The van der Waals surface area contributed by atoms with Crippen molar-refractivity contribution in [2.24, 2.45) is 5.16 Å². The summed E-state index contributed by atoms with van der Waals surface area (Å²) in [6.45, 7) is -0.400. The molecule has 0 unspecified atom stereocenters. The molecule has 3 rings (SSSR count). The van der Waals surface area contributed by atoms with E-state index in [0.717, 1.165) is 10.5 Å². The Balaban J connectivity index is 1.86. The number of nitrogens with one attached hydrogen (secondary N) is 1. The second-order valence-corrected chi connectivity index (χ2v) is 9.56. The van der Waals surface area contributed by atoms with Gasteiger partial charge in [-0.15, -0.1) is 0 Å². The minimum absolute atomic E-state index is 0.0120. The van der Waals surface area contributed by atoms with Crippen molar-refractivity contribution in [3.8, 4) is 0 Å². The number of rotatable bonds is 10. The van der Waals surface area contributed by atoms with Gasteiger partial charge in [0, 0.05) is 25.4 Å². The summed E-state index contributed by atoms with van der Waals surface area (Å²) in [6.07, 6.45) is 2.55. The monoisotopic (exact) mass is 493 g/mol. The molecule has 0 atom stereocenters. The van der Waals surface area contributed by atoms with Gasteiger partial charge in [-0.1, -0.05) is 34.7 Å². The maximum Gasteiger partial charge on any atom is 0.280 e. The average Bonchev–Trinajstić information content (AvgIpc) is 3.22. The van der Waals surface area contributed by atoms with Crippen LogP contribution in [0.3, 0.4) is 0 Å². The molecule has 1 aromatic carbocycles. The summed E-state index contributed by atoms with van der Waals surface area (Å²) >= 11 is 0.642. The number of likely N-dealkylation sites (N-methyl/N-ethyl adjacent to an activating group) is 1. The molecule has 2 N–H and O–H groups in total. The Hall–Kier alpha value is -3.26. The molecular weight excluding hydrogens is 473 g/mol. The lowest BCUT2D eigenvalue weighted by Crippen LogP contribution is -2.29. The van der Waals surface area contributed by atoms with Gasteiger partial charge in [-0.2, -0.15) is 8.70 Å². The molecule has 33 heavy (non-hydrogen) atoms. The van der Waals surface area contributed by atoms with Crippen LogP contribution in [0.1, 0.15) is 11.3 Å². The number of nitrogens with zero attached hydrogens (tertiary/aromatic N) is 4. The lowest BCUT2D eigenvalue weighted by molar-refractivity contribution is -0.110. The van der Waals surface area contributed by atoms with E-state index >= 15 is 0 Å². The van der Waals surface area contributed by atoms with Gasteiger partial charge in [0.25, 0.3) is 5.91 Å². The molecular formula is C20H20FN5O5S2. The Labute approximate surface area is 193 Å². The molecule has 1 amide bonds. The van der Waals surface area contributed by atoms with E-state index < -0.39 is 21.1 Å². The highest BCUT2D eigenvalue weighted by atomic mass is 32.2. The average molecular weight is 494 g/mol. The first-order valence-electron chi connectivity index (χ1n) is 9.51. The van der Waals surface area contributed by atoms with Crippen molar-refractivity contribution in [3.05, 3.63) is 71.2 Å². The zero-order valence-electron chi connectivity index (χ0n) is 17.4. The van der Waals surface area contributed by atoms with Crippen LogP contribution in [0.25, 0.3) is 0 Å². The second kappa shape index (κ2) is 11.0. The molecule has 0 spiro atoms. The van der Waals surface area contributed by atoms with Gasteiger partial charge >= 0.3 is 0 Å². The van der Waals surface area contributed by atoms with E-state index in [4.69, 9.17) is 9.94 Å². The Morgan fingerprint density at radius 1 is 1.24 bits per heavy atom. The van der Waals surface area contributed by atoms with Crippen molar-refractivity contribution >= 4 is 38.1 Å². The number of hydrogen-bond acceptors (Lipinski definition) is 9. The number of sulfonamides is 1. The number of thiazole rings is 1. The molecule has 0 aliphatic heterocycles. The van der Waals surface area contributed by atoms with Crippen LogP contribution in [0.5, 0.6) is 0 Å². The van der Waals surface area contributed by atoms with Gasteiger partial charge in [-0.3, -0.25) is 15.1 Å². The molecule has 0 fully saturated rings. The van der Waals surface area contributed by atoms with Crippen molar-refractivity contribution in [3.63, 3.8) is 0 Å². The van der Waals surface area contributed by atoms with Gasteiger partial charge in [-0.05, 0) is 24.3 Å². The quantitative estimate of drug-likeness (QED) is 0.325. The number of amides is 1. The van der Waals surface area contributed by atoms with Gasteiger partial charge in [0.15, 0.2) is 22.6 Å². The number of aromatic nitrogens is 2. The van der Waals surface area contributed by atoms with Crippen LogP contribution >= 0.6 is 11.3 Å². The second-order valence-electron chi connectivity index (χ2n) is 6.53. The maximum atomic E-state index is 13.2. The molecule has 3 aromatic rings. The van der Waals surface area contributed by atoms with Gasteiger partial charge < -0.3 is 9.94 Å². The molecule has 0 aliphatic carbocycles. The van der Waals surface area contributed by atoms with Crippen LogP contribution in [0.2, 0.25) is 0 Å². The third kappa shape index (κ3) is 6.38. The van der Waals surface area contributed by atoms with Crippen molar-refractivity contribution in [1.82, 2.24) is 14.3 Å². The Kier molecular flexibility index (Phi) is 8.16. The van der Waals surface area contributed by atoms with E-state index in [1.54, 1.807) is 24.4 Å². The first kappa shape index (κ1) is 24.4. The predicted octanol–water partition coefficient (Wildman–Crippen LogP) is 1.85. The molecule has 0 bridgehead atoms. The number of pyridine rings is 1. The highest BCUT2D eigenvalue weighted by Crippen LogP contribution is 2.18. The first-order chi connectivity index (χ1) is 15.8. The van der Waals surface area contributed by atoms with Crippen LogP contribution in [-0.4, -0.2) is 59.6 Å². The van der Waals surface area contributed by atoms with Crippen molar-refractivity contribution in [2.45, 2.75) is 11.5 Å². The van der Waals surface area contributed by atoms with Gasteiger partial charge in [0.2, 0.25) is 10.0 Å². The summed E-state index contributed by atoms with van der Waals surface area (Å²) in [5.41, 5.74) is 0.667. The number of aliphatic hydroxyl groups is 1. The Morgan fingerprint density at radius 2 is 2.00 bits per heavy atom. The fraction of sp³-hybridized carbons (Fsp3) is 0.200. The highest BCUT2D eigenvalue weighted by molar-refractivity contribution is 7.89. The van der Waals surface area contributed by atoms with Crippen molar-refractivity contribution in [1.29, 1.82) is 0 Å². The van der Waals surface area contributed by atoms with Crippen LogP contribution in [0, 0.1) is 5.13 Å². The fourth-order valence-corrected chi connectivity index (χ4v) is 4.27. The Morgan fingerprint density at radius 3 is 2.61 bits per heavy atom. The normalized spacial score (nSPS) is 12.1. The molecule has 0 radical (unpaired) electrons. The van der Waals surface area contributed by atoms with E-state index in [2.05, 4.69) is 20.4 Å². The van der Waals surface area contributed by atoms with Crippen LogP contribution in [0.15, 0.2) is 64.9 Å². The van der Waals surface area contributed by atoms with Gasteiger partial charge in [0.05, 0.1) is 23.4 Å². The third-order valence-corrected chi connectivity index (χ3v) is 6.83. The number of oxime groups is 1. The molecule has 0 saturated carbocycles. The number of anilines is 1. The van der Waals surface area contributed by atoms with E-state index in [1.807, 2.05) is 0 Å². The lowest BCUT2D eigenvalue weighted by atomic mass is 10.1. The smallest absolute Gasteiger partial charge is 0.280 e. The topological polar surface area (TPSA) is 134 Å². The largest absolute Gasteiger partial charge is 0.395 e. The number of aliphatic hydroxyl groups excluding tert-OH is 1.